The van der Waals surface area contributed by atoms with Crippen molar-refractivity contribution in [3.8, 4) is 0 Å². The first-order chi connectivity index (χ1) is 8.49. The molecule has 2 rings (SSSR count). The number of halogens is 3. The van der Waals surface area contributed by atoms with Gasteiger partial charge in [-0.05, 0) is 48.4 Å². The summed E-state index contributed by atoms with van der Waals surface area (Å²) < 4.78 is 27.5. The van der Waals surface area contributed by atoms with Crippen LogP contribution in [0.3, 0.4) is 0 Å². The second-order valence-corrected chi connectivity index (χ2v) is 4.98. The molecule has 0 fully saturated rings. The predicted molar refractivity (Wildman–Crippen MR) is 69.3 cm³/mol. The van der Waals surface area contributed by atoms with E-state index in [9.17, 15) is 13.9 Å². The minimum absolute atomic E-state index is 0.0591. The molecule has 0 heterocycles. The molecule has 0 aromatic heterocycles. The average Bonchev–Trinajstić information content (AvgIpc) is 2.34. The first-order valence-electron chi connectivity index (χ1n) is 5.38. The van der Waals surface area contributed by atoms with Crippen molar-refractivity contribution in [3.05, 3.63) is 69.2 Å². The Morgan fingerprint density at radius 1 is 1.06 bits per heavy atom. The van der Waals surface area contributed by atoms with Crippen molar-refractivity contribution >= 4 is 15.9 Å². The Balaban J connectivity index is 2.50. The Bertz CT molecular complexity index is 533. The van der Waals surface area contributed by atoms with E-state index in [0.29, 0.717) is 5.56 Å². The highest BCUT2D eigenvalue weighted by Crippen LogP contribution is 2.29. The van der Waals surface area contributed by atoms with Crippen LogP contribution in [-0.4, -0.2) is 5.11 Å². The van der Waals surface area contributed by atoms with E-state index in [-0.39, 0.29) is 5.56 Å². The fourth-order valence-electron chi connectivity index (χ4n) is 1.80. The molecule has 0 amide bonds. The molecule has 1 N–H and O–H groups in total. The lowest BCUT2D eigenvalue weighted by Crippen LogP contribution is -2.05. The van der Waals surface area contributed by atoms with Crippen LogP contribution in [0.25, 0.3) is 0 Å². The van der Waals surface area contributed by atoms with Crippen LogP contribution in [0.2, 0.25) is 0 Å². The minimum atomic E-state index is -1.18. The quantitative estimate of drug-likeness (QED) is 0.884. The maximum atomic E-state index is 13.6. The Morgan fingerprint density at radius 2 is 1.78 bits per heavy atom. The molecule has 1 nitrogen and oxygen atoms in total. The van der Waals surface area contributed by atoms with Crippen molar-refractivity contribution in [3.63, 3.8) is 0 Å². The highest BCUT2D eigenvalue weighted by atomic mass is 79.9. The van der Waals surface area contributed by atoms with Crippen LogP contribution in [0.5, 0.6) is 0 Å². The maximum Gasteiger partial charge on any atom is 0.129 e. The van der Waals surface area contributed by atoms with Crippen LogP contribution in [0, 0.1) is 18.6 Å². The van der Waals surface area contributed by atoms with Gasteiger partial charge in [0.05, 0.1) is 0 Å². The molecule has 0 bridgehead atoms. The topological polar surface area (TPSA) is 20.2 Å². The molecule has 0 aliphatic heterocycles. The molecule has 94 valence electrons. The number of benzene rings is 2. The molecule has 1 unspecified atom stereocenters. The summed E-state index contributed by atoms with van der Waals surface area (Å²) in [6.45, 7) is 1.81. The van der Waals surface area contributed by atoms with E-state index < -0.39 is 17.7 Å². The van der Waals surface area contributed by atoms with E-state index in [1.165, 1.54) is 0 Å². The molecule has 0 saturated heterocycles. The standard InChI is InChI=1S/C14H11BrF2O/c1-8-2-3-9(15)6-11(8)14(18)12-7-10(16)4-5-13(12)17/h2-7,14,18H,1H3. The highest BCUT2D eigenvalue weighted by Gasteiger charge is 2.17. The molecule has 2 aromatic carbocycles. The van der Waals surface area contributed by atoms with Gasteiger partial charge in [-0.2, -0.15) is 0 Å². The summed E-state index contributed by atoms with van der Waals surface area (Å²) in [7, 11) is 0. The van der Waals surface area contributed by atoms with Crippen LogP contribution < -0.4 is 0 Å². The molecular weight excluding hydrogens is 302 g/mol. The van der Waals surface area contributed by atoms with Gasteiger partial charge in [-0.15, -0.1) is 0 Å². The normalized spacial score (nSPS) is 12.5. The molecule has 1 atom stereocenters. The third-order valence-corrected chi connectivity index (χ3v) is 3.28. The summed E-state index contributed by atoms with van der Waals surface area (Å²) in [5.74, 6) is -1.19. The van der Waals surface area contributed by atoms with Gasteiger partial charge < -0.3 is 5.11 Å². The average molecular weight is 313 g/mol. The van der Waals surface area contributed by atoms with E-state index in [1.54, 1.807) is 12.1 Å². The third kappa shape index (κ3) is 2.60. The molecule has 2 aromatic rings. The zero-order valence-corrected chi connectivity index (χ0v) is 11.2. The lowest BCUT2D eigenvalue weighted by molar-refractivity contribution is 0.213. The lowest BCUT2D eigenvalue weighted by Gasteiger charge is -2.15. The van der Waals surface area contributed by atoms with Crippen LogP contribution >= 0.6 is 15.9 Å². The van der Waals surface area contributed by atoms with E-state index >= 15 is 0 Å². The number of aryl methyl sites for hydroxylation is 1. The van der Waals surface area contributed by atoms with Gasteiger partial charge in [-0.3, -0.25) is 0 Å². The molecular formula is C14H11BrF2O. The number of hydrogen-bond donors (Lipinski definition) is 1. The van der Waals surface area contributed by atoms with E-state index in [4.69, 9.17) is 0 Å². The summed E-state index contributed by atoms with van der Waals surface area (Å²) in [6, 6.07) is 8.39. The number of aliphatic hydroxyl groups is 1. The molecule has 0 aliphatic rings. The maximum absolute atomic E-state index is 13.6. The van der Waals surface area contributed by atoms with Gasteiger partial charge in [0.1, 0.15) is 17.7 Å². The van der Waals surface area contributed by atoms with Gasteiger partial charge >= 0.3 is 0 Å². The summed E-state index contributed by atoms with van der Waals surface area (Å²) >= 11 is 3.29. The minimum Gasteiger partial charge on any atom is -0.384 e. The van der Waals surface area contributed by atoms with Gasteiger partial charge in [0.15, 0.2) is 0 Å². The molecule has 0 radical (unpaired) electrons. The van der Waals surface area contributed by atoms with Crippen molar-refractivity contribution in [1.82, 2.24) is 0 Å². The van der Waals surface area contributed by atoms with Crippen molar-refractivity contribution in [1.29, 1.82) is 0 Å². The number of rotatable bonds is 2. The number of hydrogen-bond acceptors (Lipinski definition) is 1. The van der Waals surface area contributed by atoms with Crippen LogP contribution in [-0.2, 0) is 0 Å². The Morgan fingerprint density at radius 3 is 2.50 bits per heavy atom. The Labute approximate surface area is 112 Å². The highest BCUT2D eigenvalue weighted by molar-refractivity contribution is 9.10. The zero-order chi connectivity index (χ0) is 13.3. The first-order valence-corrected chi connectivity index (χ1v) is 6.17. The second-order valence-electron chi connectivity index (χ2n) is 4.07. The van der Waals surface area contributed by atoms with Crippen molar-refractivity contribution in [2.45, 2.75) is 13.0 Å². The third-order valence-electron chi connectivity index (χ3n) is 2.79. The Hall–Kier alpha value is -1.26. The van der Waals surface area contributed by atoms with E-state index in [1.807, 2.05) is 13.0 Å². The van der Waals surface area contributed by atoms with Gasteiger partial charge in [0.2, 0.25) is 0 Å². The molecule has 0 aliphatic carbocycles. The van der Waals surface area contributed by atoms with Crippen LogP contribution in [0.1, 0.15) is 22.8 Å². The first kappa shape index (κ1) is 13.2. The van der Waals surface area contributed by atoms with Gasteiger partial charge in [-0.1, -0.05) is 22.0 Å². The molecule has 0 spiro atoms. The molecule has 0 saturated carbocycles. The second kappa shape index (κ2) is 5.16. The van der Waals surface area contributed by atoms with Crippen molar-refractivity contribution in [2.75, 3.05) is 0 Å². The summed E-state index contributed by atoms with van der Waals surface area (Å²) in [5, 5.41) is 10.2. The van der Waals surface area contributed by atoms with Crippen molar-refractivity contribution in [2.24, 2.45) is 0 Å². The fourth-order valence-corrected chi connectivity index (χ4v) is 2.18. The largest absolute Gasteiger partial charge is 0.384 e. The summed E-state index contributed by atoms with van der Waals surface area (Å²) in [6.07, 6.45) is -1.18. The summed E-state index contributed by atoms with van der Waals surface area (Å²) in [5.41, 5.74) is 1.31. The fraction of sp³-hybridized carbons (Fsp3) is 0.143. The van der Waals surface area contributed by atoms with Gasteiger partial charge in [0, 0.05) is 10.0 Å². The SMILES string of the molecule is Cc1ccc(Br)cc1C(O)c1cc(F)ccc1F. The molecule has 4 heteroatoms. The van der Waals surface area contributed by atoms with E-state index in [2.05, 4.69) is 15.9 Å². The predicted octanol–water partition coefficient (Wildman–Crippen LogP) is 4.12. The number of aliphatic hydroxyl groups excluding tert-OH is 1. The van der Waals surface area contributed by atoms with E-state index in [0.717, 1.165) is 28.2 Å². The van der Waals surface area contributed by atoms with Crippen molar-refractivity contribution < 1.29 is 13.9 Å². The van der Waals surface area contributed by atoms with Crippen LogP contribution in [0.15, 0.2) is 40.9 Å². The van der Waals surface area contributed by atoms with Gasteiger partial charge in [-0.25, -0.2) is 8.78 Å². The zero-order valence-electron chi connectivity index (χ0n) is 9.62. The van der Waals surface area contributed by atoms with Gasteiger partial charge in [0.25, 0.3) is 0 Å². The smallest absolute Gasteiger partial charge is 0.129 e. The summed E-state index contributed by atoms with van der Waals surface area (Å²) in [4.78, 5) is 0. The van der Waals surface area contributed by atoms with Crippen LogP contribution in [0.4, 0.5) is 8.78 Å². The lowest BCUT2D eigenvalue weighted by atomic mass is 9.97. The molecule has 18 heavy (non-hydrogen) atoms. The monoisotopic (exact) mass is 312 g/mol. The Kier molecular flexibility index (Phi) is 3.78.